The SMILES string of the molecule is CC(=O)N1CCC(N2CCC(N)CC2)C1. The Balaban J connectivity index is 1.83. The summed E-state index contributed by atoms with van der Waals surface area (Å²) in [4.78, 5) is 15.7. The van der Waals surface area contributed by atoms with Gasteiger partial charge in [0.2, 0.25) is 5.91 Å². The Morgan fingerprint density at radius 1 is 1.20 bits per heavy atom. The standard InChI is InChI=1S/C11H21N3O/c1-9(15)14-7-4-11(8-14)13-5-2-10(12)3-6-13/h10-11H,2-8,12H2,1H3. The van der Waals surface area contributed by atoms with E-state index < -0.39 is 0 Å². The predicted molar refractivity (Wildman–Crippen MR) is 59.4 cm³/mol. The maximum absolute atomic E-state index is 11.2. The minimum atomic E-state index is 0.214. The molecule has 1 amide bonds. The molecule has 86 valence electrons. The van der Waals surface area contributed by atoms with Crippen LogP contribution in [0.4, 0.5) is 0 Å². The number of likely N-dealkylation sites (tertiary alicyclic amines) is 2. The lowest BCUT2D eigenvalue weighted by molar-refractivity contribution is -0.128. The second kappa shape index (κ2) is 4.49. The summed E-state index contributed by atoms with van der Waals surface area (Å²) in [5, 5.41) is 0. The Morgan fingerprint density at radius 3 is 2.40 bits per heavy atom. The molecular weight excluding hydrogens is 190 g/mol. The number of piperidine rings is 1. The van der Waals surface area contributed by atoms with Gasteiger partial charge >= 0.3 is 0 Å². The highest BCUT2D eigenvalue weighted by Gasteiger charge is 2.30. The maximum atomic E-state index is 11.2. The highest BCUT2D eigenvalue weighted by Crippen LogP contribution is 2.19. The van der Waals surface area contributed by atoms with Crippen LogP contribution in [0.2, 0.25) is 0 Å². The fraction of sp³-hybridized carbons (Fsp3) is 0.909. The van der Waals surface area contributed by atoms with Gasteiger partial charge in [0.1, 0.15) is 0 Å². The van der Waals surface area contributed by atoms with Crippen LogP contribution in [0, 0.1) is 0 Å². The van der Waals surface area contributed by atoms with Crippen molar-refractivity contribution in [3.8, 4) is 0 Å². The zero-order valence-electron chi connectivity index (χ0n) is 9.48. The van der Waals surface area contributed by atoms with Crippen LogP contribution in [0.1, 0.15) is 26.2 Å². The summed E-state index contributed by atoms with van der Waals surface area (Å²) >= 11 is 0. The molecule has 2 rings (SSSR count). The van der Waals surface area contributed by atoms with Gasteiger partial charge in [0, 0.05) is 32.1 Å². The lowest BCUT2D eigenvalue weighted by Crippen LogP contribution is -2.46. The van der Waals surface area contributed by atoms with Crippen molar-refractivity contribution in [1.29, 1.82) is 0 Å². The molecule has 0 saturated carbocycles. The molecule has 0 aliphatic carbocycles. The Labute approximate surface area is 91.4 Å². The third-order valence-electron chi connectivity index (χ3n) is 3.70. The number of hydrogen-bond donors (Lipinski definition) is 1. The molecule has 4 nitrogen and oxygen atoms in total. The van der Waals surface area contributed by atoms with Crippen LogP contribution in [0.5, 0.6) is 0 Å². The first-order valence-electron chi connectivity index (χ1n) is 5.92. The molecule has 2 fully saturated rings. The molecule has 2 saturated heterocycles. The van der Waals surface area contributed by atoms with E-state index in [0.29, 0.717) is 12.1 Å². The molecule has 0 aromatic heterocycles. The van der Waals surface area contributed by atoms with E-state index in [2.05, 4.69) is 4.90 Å². The quantitative estimate of drug-likeness (QED) is 0.666. The molecule has 1 unspecified atom stereocenters. The van der Waals surface area contributed by atoms with E-state index in [4.69, 9.17) is 5.73 Å². The molecule has 2 heterocycles. The molecule has 0 bridgehead atoms. The van der Waals surface area contributed by atoms with Crippen molar-refractivity contribution in [2.24, 2.45) is 5.73 Å². The zero-order valence-corrected chi connectivity index (χ0v) is 9.48. The van der Waals surface area contributed by atoms with Crippen LogP contribution in [-0.4, -0.2) is 54.0 Å². The van der Waals surface area contributed by atoms with E-state index in [0.717, 1.165) is 45.4 Å². The molecule has 0 aromatic rings. The monoisotopic (exact) mass is 211 g/mol. The number of nitrogens with two attached hydrogens (primary N) is 1. The molecular formula is C11H21N3O. The van der Waals surface area contributed by atoms with Crippen molar-refractivity contribution in [2.75, 3.05) is 26.2 Å². The first kappa shape index (κ1) is 10.9. The summed E-state index contributed by atoms with van der Waals surface area (Å²) in [5.41, 5.74) is 5.88. The normalized spacial score (nSPS) is 29.7. The van der Waals surface area contributed by atoms with Crippen molar-refractivity contribution in [2.45, 2.75) is 38.3 Å². The van der Waals surface area contributed by atoms with E-state index in [1.165, 1.54) is 0 Å². The number of carbonyl (C=O) groups excluding carboxylic acids is 1. The Morgan fingerprint density at radius 2 is 1.87 bits per heavy atom. The third-order valence-corrected chi connectivity index (χ3v) is 3.70. The van der Waals surface area contributed by atoms with Gasteiger partial charge in [0.05, 0.1) is 0 Å². The molecule has 1 atom stereocenters. The Bertz CT molecular complexity index is 236. The Hall–Kier alpha value is -0.610. The zero-order chi connectivity index (χ0) is 10.8. The number of amides is 1. The summed E-state index contributed by atoms with van der Waals surface area (Å²) in [6.07, 6.45) is 3.35. The fourth-order valence-electron chi connectivity index (χ4n) is 2.61. The maximum Gasteiger partial charge on any atom is 0.219 e. The van der Waals surface area contributed by atoms with Gasteiger partial charge in [0.15, 0.2) is 0 Å². The molecule has 2 aliphatic heterocycles. The Kier molecular flexibility index (Phi) is 3.26. The van der Waals surface area contributed by atoms with Gasteiger partial charge in [0.25, 0.3) is 0 Å². The van der Waals surface area contributed by atoms with Gasteiger partial charge in [-0.15, -0.1) is 0 Å². The lowest BCUT2D eigenvalue weighted by atomic mass is 10.0. The van der Waals surface area contributed by atoms with Crippen LogP contribution in [-0.2, 0) is 4.79 Å². The fourth-order valence-corrected chi connectivity index (χ4v) is 2.61. The molecule has 0 aromatic carbocycles. The van der Waals surface area contributed by atoms with Crippen molar-refractivity contribution >= 4 is 5.91 Å². The average Bonchev–Trinajstić information content (AvgIpc) is 2.68. The third kappa shape index (κ3) is 2.49. The second-order valence-corrected chi connectivity index (χ2v) is 4.78. The lowest BCUT2D eigenvalue weighted by Gasteiger charge is -2.34. The van der Waals surface area contributed by atoms with Crippen LogP contribution in [0.3, 0.4) is 0 Å². The van der Waals surface area contributed by atoms with E-state index in [-0.39, 0.29) is 5.91 Å². The van der Waals surface area contributed by atoms with Crippen molar-refractivity contribution in [3.05, 3.63) is 0 Å². The molecule has 4 heteroatoms. The van der Waals surface area contributed by atoms with Gasteiger partial charge in [-0.3, -0.25) is 9.69 Å². The molecule has 0 spiro atoms. The van der Waals surface area contributed by atoms with Crippen LogP contribution in [0.15, 0.2) is 0 Å². The molecule has 2 N–H and O–H groups in total. The summed E-state index contributed by atoms with van der Waals surface area (Å²) in [6, 6.07) is 0.980. The summed E-state index contributed by atoms with van der Waals surface area (Å²) in [6.45, 7) is 5.73. The second-order valence-electron chi connectivity index (χ2n) is 4.78. The van der Waals surface area contributed by atoms with E-state index >= 15 is 0 Å². The van der Waals surface area contributed by atoms with Gasteiger partial charge in [-0.05, 0) is 32.4 Å². The van der Waals surface area contributed by atoms with Gasteiger partial charge in [-0.1, -0.05) is 0 Å². The molecule has 0 radical (unpaired) electrons. The summed E-state index contributed by atoms with van der Waals surface area (Å²) < 4.78 is 0. The molecule has 15 heavy (non-hydrogen) atoms. The summed E-state index contributed by atoms with van der Waals surface area (Å²) in [7, 11) is 0. The first-order chi connectivity index (χ1) is 7.16. The van der Waals surface area contributed by atoms with E-state index in [1.807, 2.05) is 4.90 Å². The van der Waals surface area contributed by atoms with Gasteiger partial charge in [-0.25, -0.2) is 0 Å². The highest BCUT2D eigenvalue weighted by atomic mass is 16.2. The van der Waals surface area contributed by atoms with Crippen LogP contribution < -0.4 is 5.73 Å². The highest BCUT2D eigenvalue weighted by molar-refractivity contribution is 5.73. The smallest absolute Gasteiger partial charge is 0.219 e. The van der Waals surface area contributed by atoms with Gasteiger partial charge < -0.3 is 10.6 Å². The van der Waals surface area contributed by atoms with Crippen molar-refractivity contribution in [1.82, 2.24) is 9.80 Å². The number of rotatable bonds is 1. The minimum Gasteiger partial charge on any atom is -0.341 e. The van der Waals surface area contributed by atoms with E-state index in [1.54, 1.807) is 6.92 Å². The number of nitrogens with zero attached hydrogens (tertiary/aromatic N) is 2. The topological polar surface area (TPSA) is 49.6 Å². The minimum absolute atomic E-state index is 0.214. The van der Waals surface area contributed by atoms with Crippen LogP contribution >= 0.6 is 0 Å². The summed E-state index contributed by atoms with van der Waals surface area (Å²) in [5.74, 6) is 0.214. The first-order valence-corrected chi connectivity index (χ1v) is 5.92. The number of hydrogen-bond acceptors (Lipinski definition) is 3. The van der Waals surface area contributed by atoms with Gasteiger partial charge in [-0.2, -0.15) is 0 Å². The predicted octanol–water partition coefficient (Wildman–Crippen LogP) is 0.0303. The van der Waals surface area contributed by atoms with Crippen LogP contribution in [0.25, 0.3) is 0 Å². The largest absolute Gasteiger partial charge is 0.341 e. The number of carbonyl (C=O) groups is 1. The van der Waals surface area contributed by atoms with Crippen molar-refractivity contribution < 1.29 is 4.79 Å². The average molecular weight is 211 g/mol. The van der Waals surface area contributed by atoms with E-state index in [9.17, 15) is 4.79 Å². The molecule has 2 aliphatic rings. The van der Waals surface area contributed by atoms with Crippen molar-refractivity contribution in [3.63, 3.8) is 0 Å².